The average molecular weight is 348 g/mol. The van der Waals surface area contributed by atoms with Gasteiger partial charge in [-0.2, -0.15) is 0 Å². The second-order valence-electron chi connectivity index (χ2n) is 5.28. The molecule has 4 N–H and O–H groups in total. The smallest absolute Gasteiger partial charge is 0.241 e. The maximum atomic E-state index is 12.3. The van der Waals surface area contributed by atoms with E-state index in [1.165, 1.54) is 0 Å². The minimum Gasteiger partial charge on any atom is -0.361 e. The molecule has 0 radical (unpaired) electrons. The second-order valence-corrected chi connectivity index (χ2v) is 6.13. The molecule has 1 heterocycles. The molecule has 4 nitrogen and oxygen atoms in total. The molecule has 0 aliphatic carbocycles. The topological polar surface area (TPSA) is 70.9 Å². The van der Waals surface area contributed by atoms with Crippen molar-refractivity contribution in [3.8, 4) is 0 Å². The fourth-order valence-electron chi connectivity index (χ4n) is 2.45. The summed E-state index contributed by atoms with van der Waals surface area (Å²) in [7, 11) is 0. The van der Waals surface area contributed by atoms with Crippen LogP contribution in [0.1, 0.15) is 5.56 Å². The maximum absolute atomic E-state index is 12.3. The zero-order chi connectivity index (χ0) is 16.4. The van der Waals surface area contributed by atoms with Crippen LogP contribution in [-0.4, -0.2) is 16.9 Å². The van der Waals surface area contributed by atoms with Gasteiger partial charge in [0, 0.05) is 22.1 Å². The summed E-state index contributed by atoms with van der Waals surface area (Å²) < 4.78 is 0. The summed E-state index contributed by atoms with van der Waals surface area (Å²) in [6, 6.07) is 12.1. The van der Waals surface area contributed by atoms with Crippen LogP contribution in [-0.2, 0) is 11.2 Å². The molecule has 0 saturated carbocycles. The Morgan fingerprint density at radius 1 is 1.22 bits per heavy atom. The number of nitrogens with one attached hydrogen (secondary N) is 2. The van der Waals surface area contributed by atoms with E-state index in [4.69, 9.17) is 28.9 Å². The highest BCUT2D eigenvalue weighted by Gasteiger charge is 2.17. The number of hydrogen-bond acceptors (Lipinski definition) is 2. The molecule has 0 unspecified atom stereocenters. The third kappa shape index (κ3) is 3.50. The normalized spacial score (nSPS) is 12.3. The van der Waals surface area contributed by atoms with Crippen LogP contribution in [0.2, 0.25) is 10.0 Å². The van der Waals surface area contributed by atoms with Gasteiger partial charge in [0.1, 0.15) is 0 Å². The number of H-pyrrole nitrogens is 1. The minimum absolute atomic E-state index is 0.292. The fourth-order valence-corrected chi connectivity index (χ4v) is 2.90. The van der Waals surface area contributed by atoms with E-state index in [-0.39, 0.29) is 5.91 Å². The third-order valence-electron chi connectivity index (χ3n) is 3.64. The van der Waals surface area contributed by atoms with Gasteiger partial charge >= 0.3 is 0 Å². The van der Waals surface area contributed by atoms with Crippen LogP contribution < -0.4 is 11.1 Å². The van der Waals surface area contributed by atoms with Gasteiger partial charge in [-0.3, -0.25) is 4.79 Å². The van der Waals surface area contributed by atoms with Crippen molar-refractivity contribution in [2.75, 3.05) is 5.32 Å². The standard InChI is InChI=1S/C17H15Cl2N3O/c18-11-5-6-16(13(19)8-11)22-17(23)14(20)7-10-9-21-15-4-2-1-3-12(10)15/h1-6,8-9,14,21H,7,20H2,(H,22,23)/t14-/m0/s1. The molecule has 0 aliphatic rings. The molecule has 1 atom stereocenters. The van der Waals surface area contributed by atoms with E-state index in [0.717, 1.165) is 16.5 Å². The molecule has 1 aromatic heterocycles. The van der Waals surface area contributed by atoms with Crippen LogP contribution in [0.15, 0.2) is 48.7 Å². The Labute approximate surface area is 143 Å². The van der Waals surface area contributed by atoms with Gasteiger partial charge in [-0.05, 0) is 36.2 Å². The molecule has 23 heavy (non-hydrogen) atoms. The lowest BCUT2D eigenvalue weighted by Crippen LogP contribution is -2.37. The Balaban J connectivity index is 1.72. The van der Waals surface area contributed by atoms with Gasteiger partial charge in [-0.15, -0.1) is 0 Å². The molecule has 0 bridgehead atoms. The lowest BCUT2D eigenvalue weighted by molar-refractivity contribution is -0.117. The third-order valence-corrected chi connectivity index (χ3v) is 4.19. The Bertz CT molecular complexity index is 860. The Morgan fingerprint density at radius 3 is 2.78 bits per heavy atom. The number of para-hydroxylation sites is 1. The van der Waals surface area contributed by atoms with Crippen molar-refractivity contribution in [3.63, 3.8) is 0 Å². The molecule has 0 saturated heterocycles. The van der Waals surface area contributed by atoms with Gasteiger partial charge < -0.3 is 16.0 Å². The minimum atomic E-state index is -0.680. The largest absolute Gasteiger partial charge is 0.361 e. The van der Waals surface area contributed by atoms with Gasteiger partial charge in [0.15, 0.2) is 0 Å². The number of carbonyl (C=O) groups excluding carboxylic acids is 1. The number of halogens is 2. The predicted molar refractivity (Wildman–Crippen MR) is 95.1 cm³/mol. The molecule has 2 aromatic carbocycles. The highest BCUT2D eigenvalue weighted by molar-refractivity contribution is 6.36. The number of anilines is 1. The van der Waals surface area contributed by atoms with E-state index < -0.39 is 6.04 Å². The van der Waals surface area contributed by atoms with Crippen LogP contribution in [0.5, 0.6) is 0 Å². The zero-order valence-corrected chi connectivity index (χ0v) is 13.7. The van der Waals surface area contributed by atoms with E-state index in [1.54, 1.807) is 18.2 Å². The lowest BCUT2D eigenvalue weighted by Gasteiger charge is -2.13. The molecule has 118 valence electrons. The van der Waals surface area contributed by atoms with Gasteiger partial charge in [-0.25, -0.2) is 0 Å². The van der Waals surface area contributed by atoms with Crippen LogP contribution >= 0.6 is 23.2 Å². The summed E-state index contributed by atoms with van der Waals surface area (Å²) in [6.07, 6.45) is 2.31. The van der Waals surface area contributed by atoms with Crippen LogP contribution in [0.25, 0.3) is 10.9 Å². The summed E-state index contributed by atoms with van der Waals surface area (Å²) in [5.41, 5.74) is 8.56. The fraction of sp³-hybridized carbons (Fsp3) is 0.118. The maximum Gasteiger partial charge on any atom is 0.241 e. The van der Waals surface area contributed by atoms with E-state index in [0.29, 0.717) is 22.2 Å². The van der Waals surface area contributed by atoms with Crippen LogP contribution in [0.4, 0.5) is 5.69 Å². The molecular weight excluding hydrogens is 333 g/mol. The van der Waals surface area contributed by atoms with Crippen molar-refractivity contribution in [3.05, 3.63) is 64.3 Å². The Hall–Kier alpha value is -2.01. The first-order valence-electron chi connectivity index (χ1n) is 7.11. The monoisotopic (exact) mass is 347 g/mol. The molecule has 0 aliphatic heterocycles. The van der Waals surface area contributed by atoms with Crippen molar-refractivity contribution in [2.24, 2.45) is 5.73 Å². The summed E-state index contributed by atoms with van der Waals surface area (Å²) in [6.45, 7) is 0. The number of amides is 1. The Kier molecular flexibility index (Phi) is 4.57. The molecule has 0 fully saturated rings. The highest BCUT2D eigenvalue weighted by atomic mass is 35.5. The molecule has 3 aromatic rings. The summed E-state index contributed by atoms with van der Waals surface area (Å²) in [5, 5.41) is 4.69. The van der Waals surface area contributed by atoms with Gasteiger partial charge in [0.25, 0.3) is 0 Å². The Morgan fingerprint density at radius 2 is 2.00 bits per heavy atom. The van der Waals surface area contributed by atoms with Crippen molar-refractivity contribution >= 4 is 45.7 Å². The molecule has 1 amide bonds. The van der Waals surface area contributed by atoms with Crippen molar-refractivity contribution < 1.29 is 4.79 Å². The molecule has 6 heteroatoms. The number of nitrogens with two attached hydrogens (primary N) is 1. The first kappa shape index (κ1) is 15.9. The molecule has 0 spiro atoms. The zero-order valence-electron chi connectivity index (χ0n) is 12.1. The number of benzene rings is 2. The summed E-state index contributed by atoms with van der Waals surface area (Å²) >= 11 is 11.9. The summed E-state index contributed by atoms with van der Waals surface area (Å²) in [4.78, 5) is 15.4. The predicted octanol–water partition coefficient (Wildman–Crippen LogP) is 3.98. The second kappa shape index (κ2) is 6.62. The first-order chi connectivity index (χ1) is 11.0. The van der Waals surface area contributed by atoms with E-state index in [1.807, 2.05) is 30.5 Å². The van der Waals surface area contributed by atoms with Crippen LogP contribution in [0, 0.1) is 0 Å². The van der Waals surface area contributed by atoms with Gasteiger partial charge in [0.2, 0.25) is 5.91 Å². The van der Waals surface area contributed by atoms with E-state index in [9.17, 15) is 4.79 Å². The number of hydrogen-bond donors (Lipinski definition) is 3. The van der Waals surface area contributed by atoms with E-state index in [2.05, 4.69) is 10.3 Å². The number of rotatable bonds is 4. The van der Waals surface area contributed by atoms with Gasteiger partial charge in [-0.1, -0.05) is 41.4 Å². The SMILES string of the molecule is N[C@@H](Cc1c[nH]c2ccccc12)C(=O)Nc1ccc(Cl)cc1Cl. The number of aromatic nitrogens is 1. The number of carbonyl (C=O) groups is 1. The van der Waals surface area contributed by atoms with E-state index >= 15 is 0 Å². The molecule has 3 rings (SSSR count). The average Bonchev–Trinajstić information content (AvgIpc) is 2.93. The quantitative estimate of drug-likeness (QED) is 0.667. The highest BCUT2D eigenvalue weighted by Crippen LogP contribution is 2.25. The summed E-state index contributed by atoms with van der Waals surface area (Å²) in [5.74, 6) is -0.292. The first-order valence-corrected chi connectivity index (χ1v) is 7.86. The number of fused-ring (bicyclic) bond motifs is 1. The number of aromatic amines is 1. The van der Waals surface area contributed by atoms with Gasteiger partial charge in [0.05, 0.1) is 16.8 Å². The van der Waals surface area contributed by atoms with Crippen molar-refractivity contribution in [1.29, 1.82) is 0 Å². The van der Waals surface area contributed by atoms with Crippen molar-refractivity contribution in [2.45, 2.75) is 12.5 Å². The molecular formula is C17H15Cl2N3O. The lowest BCUT2D eigenvalue weighted by atomic mass is 10.0. The van der Waals surface area contributed by atoms with Crippen LogP contribution in [0.3, 0.4) is 0 Å². The van der Waals surface area contributed by atoms with Crippen molar-refractivity contribution in [1.82, 2.24) is 4.98 Å².